The molecule has 1 aliphatic heterocycles. The summed E-state index contributed by atoms with van der Waals surface area (Å²) in [6.45, 7) is 0.664. The van der Waals surface area contributed by atoms with E-state index in [1.54, 1.807) is 0 Å². The monoisotopic (exact) mass is 288 g/mol. The third-order valence-electron chi connectivity index (χ3n) is 3.09. The van der Waals surface area contributed by atoms with Gasteiger partial charge in [0.25, 0.3) is 0 Å². The van der Waals surface area contributed by atoms with Crippen molar-refractivity contribution in [3.63, 3.8) is 0 Å². The maximum absolute atomic E-state index is 13.8. The van der Waals surface area contributed by atoms with Crippen LogP contribution in [0.3, 0.4) is 0 Å². The lowest BCUT2D eigenvalue weighted by molar-refractivity contribution is 0.0696. The summed E-state index contributed by atoms with van der Waals surface area (Å²) in [6, 6.07) is 2.84. The van der Waals surface area contributed by atoms with E-state index in [0.29, 0.717) is 26.1 Å². The van der Waals surface area contributed by atoms with Crippen LogP contribution in [0.2, 0.25) is 0 Å². The highest BCUT2D eigenvalue weighted by Crippen LogP contribution is 2.26. The average molecular weight is 288 g/mol. The molecule has 1 saturated heterocycles. The van der Waals surface area contributed by atoms with Gasteiger partial charge in [-0.3, -0.25) is 0 Å². The molecule has 1 aromatic carbocycles. The molecule has 0 saturated carbocycles. The third kappa shape index (κ3) is 2.76. The fourth-order valence-electron chi connectivity index (χ4n) is 2.03. The van der Waals surface area contributed by atoms with Crippen LogP contribution in [-0.2, 0) is 14.6 Å². The summed E-state index contributed by atoms with van der Waals surface area (Å²) in [7, 11) is -3.78. The van der Waals surface area contributed by atoms with Gasteiger partial charge >= 0.3 is 5.97 Å². The molecule has 0 bridgehead atoms. The first kappa shape index (κ1) is 14.0. The van der Waals surface area contributed by atoms with E-state index in [1.807, 2.05) is 0 Å². The molecular weight excluding hydrogens is 275 g/mol. The van der Waals surface area contributed by atoms with Gasteiger partial charge in [-0.05, 0) is 31.0 Å². The Hall–Kier alpha value is -1.47. The fraction of sp³-hybridized carbons (Fsp3) is 0.417. The van der Waals surface area contributed by atoms with Gasteiger partial charge in [0.1, 0.15) is 10.7 Å². The lowest BCUT2D eigenvalue weighted by Gasteiger charge is -2.22. The van der Waals surface area contributed by atoms with Gasteiger partial charge in [-0.1, -0.05) is 0 Å². The van der Waals surface area contributed by atoms with E-state index in [2.05, 4.69) is 0 Å². The van der Waals surface area contributed by atoms with Crippen LogP contribution in [0, 0.1) is 5.82 Å². The fourth-order valence-corrected chi connectivity index (χ4v) is 3.79. The number of carboxylic acid groups (broad SMARTS) is 1. The zero-order chi connectivity index (χ0) is 14.0. The number of halogens is 1. The van der Waals surface area contributed by atoms with Crippen LogP contribution < -0.4 is 0 Å². The van der Waals surface area contributed by atoms with E-state index in [-0.39, 0.29) is 5.56 Å². The Balaban J connectivity index is 2.37. The van der Waals surface area contributed by atoms with Crippen molar-refractivity contribution in [1.82, 2.24) is 0 Å². The molecule has 1 aromatic rings. The van der Waals surface area contributed by atoms with Gasteiger partial charge in [0, 0.05) is 13.2 Å². The molecule has 19 heavy (non-hydrogen) atoms. The molecule has 7 heteroatoms. The first-order valence-corrected chi connectivity index (χ1v) is 7.32. The first-order chi connectivity index (χ1) is 8.93. The van der Waals surface area contributed by atoms with E-state index < -0.39 is 31.8 Å². The Morgan fingerprint density at radius 2 is 1.95 bits per heavy atom. The van der Waals surface area contributed by atoms with Crippen LogP contribution in [-0.4, -0.2) is 38.0 Å². The topological polar surface area (TPSA) is 80.7 Å². The molecule has 0 unspecified atom stereocenters. The largest absolute Gasteiger partial charge is 0.478 e. The van der Waals surface area contributed by atoms with Crippen LogP contribution in [0.4, 0.5) is 4.39 Å². The maximum Gasteiger partial charge on any atom is 0.335 e. The number of ether oxygens (including phenoxy) is 1. The first-order valence-electron chi connectivity index (χ1n) is 5.77. The van der Waals surface area contributed by atoms with Crippen LogP contribution in [0.15, 0.2) is 23.1 Å². The Morgan fingerprint density at radius 3 is 2.47 bits per heavy atom. The second-order valence-electron chi connectivity index (χ2n) is 4.31. The van der Waals surface area contributed by atoms with E-state index in [4.69, 9.17) is 9.84 Å². The molecule has 1 aliphatic rings. The molecule has 1 N–H and O–H groups in total. The summed E-state index contributed by atoms with van der Waals surface area (Å²) in [5, 5.41) is 8.04. The summed E-state index contributed by atoms with van der Waals surface area (Å²) in [6.07, 6.45) is 0.644. The Labute approximate surface area is 109 Å². The van der Waals surface area contributed by atoms with Gasteiger partial charge < -0.3 is 9.84 Å². The lowest BCUT2D eigenvalue weighted by atomic mass is 10.2. The number of benzene rings is 1. The van der Waals surface area contributed by atoms with Crippen molar-refractivity contribution >= 4 is 15.8 Å². The average Bonchev–Trinajstić information content (AvgIpc) is 2.39. The predicted molar refractivity (Wildman–Crippen MR) is 64.4 cm³/mol. The SMILES string of the molecule is O=C(O)c1ccc(S(=O)(=O)C2CCOCC2)c(F)c1. The minimum Gasteiger partial charge on any atom is -0.478 e. The zero-order valence-corrected chi connectivity index (χ0v) is 10.8. The van der Waals surface area contributed by atoms with Gasteiger partial charge in [0.15, 0.2) is 9.84 Å². The molecule has 0 aromatic heterocycles. The molecule has 0 aliphatic carbocycles. The van der Waals surface area contributed by atoms with Crippen molar-refractivity contribution in [3.8, 4) is 0 Å². The number of hydrogen-bond acceptors (Lipinski definition) is 4. The molecule has 2 rings (SSSR count). The van der Waals surface area contributed by atoms with Crippen molar-refractivity contribution in [1.29, 1.82) is 0 Å². The van der Waals surface area contributed by atoms with Crippen LogP contribution in [0.5, 0.6) is 0 Å². The van der Waals surface area contributed by atoms with E-state index >= 15 is 0 Å². The molecule has 1 heterocycles. The summed E-state index contributed by atoms with van der Waals surface area (Å²) in [4.78, 5) is 10.2. The van der Waals surface area contributed by atoms with Gasteiger partial charge in [-0.25, -0.2) is 17.6 Å². The molecule has 1 fully saturated rings. The number of sulfone groups is 1. The van der Waals surface area contributed by atoms with E-state index in [0.717, 1.165) is 18.2 Å². The number of carboxylic acids is 1. The van der Waals surface area contributed by atoms with Gasteiger partial charge in [0.2, 0.25) is 0 Å². The van der Waals surface area contributed by atoms with E-state index in [1.165, 1.54) is 0 Å². The molecule has 0 amide bonds. The van der Waals surface area contributed by atoms with Crippen molar-refractivity contribution in [2.24, 2.45) is 0 Å². The molecule has 0 radical (unpaired) electrons. The molecule has 5 nitrogen and oxygen atoms in total. The Morgan fingerprint density at radius 1 is 1.32 bits per heavy atom. The van der Waals surface area contributed by atoms with Crippen molar-refractivity contribution in [2.45, 2.75) is 23.0 Å². The standard InChI is InChI=1S/C12H13FO5S/c13-10-7-8(12(14)15)1-2-11(10)19(16,17)9-3-5-18-6-4-9/h1-2,7,9H,3-6H2,(H,14,15). The minimum atomic E-state index is -3.78. The highest BCUT2D eigenvalue weighted by Gasteiger charge is 2.31. The summed E-state index contributed by atoms with van der Waals surface area (Å²) in [5.74, 6) is -2.32. The van der Waals surface area contributed by atoms with Gasteiger partial charge in [0.05, 0.1) is 10.8 Å². The summed E-state index contributed by atoms with van der Waals surface area (Å²) in [5.41, 5.74) is -0.275. The third-order valence-corrected chi connectivity index (χ3v) is 5.39. The minimum absolute atomic E-state index is 0.275. The maximum atomic E-state index is 13.8. The van der Waals surface area contributed by atoms with Crippen molar-refractivity contribution in [3.05, 3.63) is 29.6 Å². The summed E-state index contributed by atoms with van der Waals surface area (Å²) < 4.78 is 43.4. The highest BCUT2D eigenvalue weighted by molar-refractivity contribution is 7.92. The van der Waals surface area contributed by atoms with E-state index in [9.17, 15) is 17.6 Å². The lowest BCUT2D eigenvalue weighted by Crippen LogP contribution is -2.29. The molecular formula is C12H13FO5S. The molecule has 0 atom stereocenters. The highest BCUT2D eigenvalue weighted by atomic mass is 32.2. The second-order valence-corrected chi connectivity index (χ2v) is 6.50. The Bertz CT molecular complexity index is 590. The van der Waals surface area contributed by atoms with Crippen LogP contribution in [0.25, 0.3) is 0 Å². The van der Waals surface area contributed by atoms with Gasteiger partial charge in [-0.15, -0.1) is 0 Å². The zero-order valence-electron chi connectivity index (χ0n) is 10.0. The number of carbonyl (C=O) groups is 1. The quantitative estimate of drug-likeness (QED) is 0.911. The summed E-state index contributed by atoms with van der Waals surface area (Å²) >= 11 is 0. The van der Waals surface area contributed by atoms with Gasteiger partial charge in [-0.2, -0.15) is 0 Å². The van der Waals surface area contributed by atoms with Crippen molar-refractivity contribution in [2.75, 3.05) is 13.2 Å². The number of hydrogen-bond donors (Lipinski definition) is 1. The molecule has 104 valence electrons. The van der Waals surface area contributed by atoms with Crippen LogP contribution in [0.1, 0.15) is 23.2 Å². The second kappa shape index (κ2) is 5.26. The molecule has 0 spiro atoms. The normalized spacial score (nSPS) is 17.3. The van der Waals surface area contributed by atoms with Crippen LogP contribution >= 0.6 is 0 Å². The number of rotatable bonds is 3. The Kier molecular flexibility index (Phi) is 3.86. The van der Waals surface area contributed by atoms with Crippen molar-refractivity contribution < 1.29 is 27.4 Å². The smallest absolute Gasteiger partial charge is 0.335 e. The predicted octanol–water partition coefficient (Wildman–Crippen LogP) is 1.48. The number of aromatic carboxylic acids is 1.